The summed E-state index contributed by atoms with van der Waals surface area (Å²) in [5, 5.41) is 0. The first kappa shape index (κ1) is 13.3. The van der Waals surface area contributed by atoms with Crippen molar-refractivity contribution in [2.75, 3.05) is 0 Å². The molecule has 0 amide bonds. The zero-order chi connectivity index (χ0) is 13.9. The molecule has 0 spiro atoms. The van der Waals surface area contributed by atoms with Gasteiger partial charge in [-0.3, -0.25) is 0 Å². The van der Waals surface area contributed by atoms with Crippen LogP contribution in [0.25, 0.3) is 0 Å². The van der Waals surface area contributed by atoms with Crippen LogP contribution >= 0.6 is 0 Å². The van der Waals surface area contributed by atoms with Crippen LogP contribution in [-0.4, -0.2) is 0 Å². The lowest BCUT2D eigenvalue weighted by molar-refractivity contribution is 0.453. The molecular weight excluding hydrogens is 264 g/mol. The second kappa shape index (κ2) is 5.76. The van der Waals surface area contributed by atoms with Gasteiger partial charge in [0.25, 0.3) is 0 Å². The lowest BCUT2D eigenvalue weighted by Crippen LogP contribution is -2.13. The first-order valence-corrected chi connectivity index (χ1v) is 8.36. The number of hydrogen-bond donors (Lipinski definition) is 0. The fourth-order valence-electron chi connectivity index (χ4n) is 2.53. The Morgan fingerprint density at radius 3 is 2.00 bits per heavy atom. The molecule has 2 aromatic carbocycles. The molecule has 20 heavy (non-hydrogen) atoms. The lowest BCUT2D eigenvalue weighted by atomic mass is 10.3. The molecule has 0 saturated carbocycles. The highest BCUT2D eigenvalue weighted by Crippen LogP contribution is 2.46. The van der Waals surface area contributed by atoms with Crippen molar-refractivity contribution in [1.82, 2.24) is 0 Å². The van der Waals surface area contributed by atoms with E-state index in [1.807, 2.05) is 12.1 Å². The van der Waals surface area contributed by atoms with Crippen molar-refractivity contribution in [3.05, 3.63) is 59.5 Å². The number of hydrogen-bond acceptors (Lipinski definition) is 1. The van der Waals surface area contributed by atoms with E-state index < -0.39 is 0 Å². The zero-order valence-electron chi connectivity index (χ0n) is 11.9. The van der Waals surface area contributed by atoms with E-state index in [4.69, 9.17) is 4.74 Å². The Morgan fingerprint density at radius 2 is 1.50 bits per heavy atom. The molecule has 0 aromatic heterocycles. The summed E-state index contributed by atoms with van der Waals surface area (Å²) >= 11 is 0. The number of allylic oxidation sites excluding steroid dienone is 2. The summed E-state index contributed by atoms with van der Waals surface area (Å²) in [7, 11) is 0.00389. The molecule has 1 nitrogen and oxygen atoms in total. The van der Waals surface area contributed by atoms with Crippen molar-refractivity contribution in [3.8, 4) is 11.5 Å². The minimum atomic E-state index is 0.00389. The lowest BCUT2D eigenvalue weighted by Gasteiger charge is -2.20. The van der Waals surface area contributed by atoms with E-state index in [9.17, 15) is 0 Å². The molecule has 0 bridgehead atoms. The molecule has 0 saturated heterocycles. The topological polar surface area (TPSA) is 9.23 Å². The summed E-state index contributed by atoms with van der Waals surface area (Å²) in [6.07, 6.45) is 4.54. The highest BCUT2D eigenvalue weighted by Gasteiger charge is 2.39. The van der Waals surface area contributed by atoms with Crippen molar-refractivity contribution < 1.29 is 4.74 Å². The second-order valence-electron chi connectivity index (χ2n) is 4.73. The smallest absolute Gasteiger partial charge is 0.208 e. The van der Waals surface area contributed by atoms with Crippen molar-refractivity contribution in [2.24, 2.45) is 0 Å². The minimum absolute atomic E-state index is 0.00389. The Balaban J connectivity index is 2.19. The SMILES string of the molecule is CC/C=C(/CC)[S+]1c2ccccc2Oc2ccccc21. The molecule has 0 radical (unpaired) electrons. The molecule has 1 heterocycles. The average Bonchev–Trinajstić information content (AvgIpc) is 2.50. The third-order valence-electron chi connectivity index (χ3n) is 3.40. The van der Waals surface area contributed by atoms with Gasteiger partial charge in [-0.1, -0.05) is 38.1 Å². The third-order valence-corrected chi connectivity index (χ3v) is 5.93. The maximum Gasteiger partial charge on any atom is 0.208 e. The van der Waals surface area contributed by atoms with Gasteiger partial charge in [0.1, 0.15) is 15.8 Å². The van der Waals surface area contributed by atoms with Gasteiger partial charge in [0.2, 0.25) is 9.79 Å². The predicted molar refractivity (Wildman–Crippen MR) is 85.5 cm³/mol. The average molecular weight is 283 g/mol. The van der Waals surface area contributed by atoms with Crippen molar-refractivity contribution in [2.45, 2.75) is 36.5 Å². The molecule has 0 N–H and O–H groups in total. The van der Waals surface area contributed by atoms with E-state index in [1.54, 1.807) is 0 Å². The van der Waals surface area contributed by atoms with Gasteiger partial charge in [0.05, 0.1) is 0 Å². The van der Waals surface area contributed by atoms with E-state index in [2.05, 4.69) is 56.3 Å². The summed E-state index contributed by atoms with van der Waals surface area (Å²) in [6.45, 7) is 4.45. The van der Waals surface area contributed by atoms with Gasteiger partial charge in [-0.05, 0) is 36.8 Å². The van der Waals surface area contributed by atoms with E-state index in [1.165, 1.54) is 14.7 Å². The van der Waals surface area contributed by atoms with Crippen molar-refractivity contribution in [1.29, 1.82) is 0 Å². The number of rotatable bonds is 3. The van der Waals surface area contributed by atoms with Gasteiger partial charge in [-0.2, -0.15) is 0 Å². The molecule has 2 heteroatoms. The highest BCUT2D eigenvalue weighted by atomic mass is 32.2. The molecular formula is C18H19OS+. The number of fused-ring (bicyclic) bond motifs is 2. The fraction of sp³-hybridized carbons (Fsp3) is 0.222. The van der Waals surface area contributed by atoms with Crippen LogP contribution in [0.4, 0.5) is 0 Å². The first-order chi connectivity index (χ1) is 9.85. The van der Waals surface area contributed by atoms with Crippen LogP contribution in [0.3, 0.4) is 0 Å². The molecule has 1 aliphatic rings. The molecule has 102 valence electrons. The van der Waals surface area contributed by atoms with Gasteiger partial charge in [-0.25, -0.2) is 0 Å². The Morgan fingerprint density at radius 1 is 0.950 bits per heavy atom. The van der Waals surface area contributed by atoms with E-state index in [0.29, 0.717) is 0 Å². The molecule has 0 atom stereocenters. The molecule has 2 aromatic rings. The normalized spacial score (nSPS) is 14.4. The monoisotopic (exact) mass is 283 g/mol. The van der Waals surface area contributed by atoms with E-state index in [-0.39, 0.29) is 10.9 Å². The van der Waals surface area contributed by atoms with Crippen LogP contribution < -0.4 is 4.74 Å². The van der Waals surface area contributed by atoms with Crippen LogP contribution in [0.5, 0.6) is 11.5 Å². The van der Waals surface area contributed by atoms with Crippen LogP contribution in [0, 0.1) is 0 Å². The molecule has 0 aliphatic carbocycles. The Labute approximate surface area is 123 Å². The maximum atomic E-state index is 6.06. The van der Waals surface area contributed by atoms with Gasteiger partial charge >= 0.3 is 0 Å². The Kier molecular flexibility index (Phi) is 3.83. The molecule has 0 fully saturated rings. The van der Waals surface area contributed by atoms with Gasteiger partial charge in [0.15, 0.2) is 11.5 Å². The van der Waals surface area contributed by atoms with Crippen LogP contribution in [-0.2, 0) is 10.9 Å². The van der Waals surface area contributed by atoms with Crippen molar-refractivity contribution >= 4 is 10.9 Å². The van der Waals surface area contributed by atoms with Crippen LogP contribution in [0.2, 0.25) is 0 Å². The summed E-state index contributed by atoms with van der Waals surface area (Å²) in [5.74, 6) is 2.01. The summed E-state index contributed by atoms with van der Waals surface area (Å²) in [4.78, 5) is 4.14. The van der Waals surface area contributed by atoms with Gasteiger partial charge < -0.3 is 4.74 Å². The maximum absolute atomic E-state index is 6.06. The van der Waals surface area contributed by atoms with Crippen LogP contribution in [0.15, 0.2) is 69.3 Å². The summed E-state index contributed by atoms with van der Waals surface area (Å²) in [6, 6.07) is 16.9. The summed E-state index contributed by atoms with van der Waals surface area (Å²) in [5.41, 5.74) is 0. The Hall–Kier alpha value is -1.67. The minimum Gasteiger partial charge on any atom is -0.447 e. The van der Waals surface area contributed by atoms with Gasteiger partial charge in [0, 0.05) is 6.42 Å². The molecule has 0 unspecified atom stereocenters. The van der Waals surface area contributed by atoms with E-state index >= 15 is 0 Å². The van der Waals surface area contributed by atoms with E-state index in [0.717, 1.165) is 24.3 Å². The van der Waals surface area contributed by atoms with Gasteiger partial charge in [-0.15, -0.1) is 0 Å². The number of para-hydroxylation sites is 2. The standard InChI is InChI=1S/C18H19OS/c1-3-9-14(4-2)20-17-12-7-5-10-15(17)19-16-11-6-8-13-18(16)20/h5-13H,3-4H2,1-2H3/q+1/b14-9-. The highest BCUT2D eigenvalue weighted by molar-refractivity contribution is 8.00. The molecule has 3 rings (SSSR count). The van der Waals surface area contributed by atoms with Crippen LogP contribution in [0.1, 0.15) is 26.7 Å². The number of benzene rings is 2. The molecule has 1 aliphatic heterocycles. The number of ether oxygens (including phenoxy) is 1. The third kappa shape index (κ3) is 2.25. The largest absolute Gasteiger partial charge is 0.447 e. The zero-order valence-corrected chi connectivity index (χ0v) is 12.7. The first-order valence-electron chi connectivity index (χ1n) is 7.14. The van der Waals surface area contributed by atoms with Crippen molar-refractivity contribution in [3.63, 3.8) is 0 Å². The second-order valence-corrected chi connectivity index (χ2v) is 6.75. The fourth-order valence-corrected chi connectivity index (χ4v) is 5.00. The summed E-state index contributed by atoms with van der Waals surface area (Å²) < 4.78 is 6.06. The quantitative estimate of drug-likeness (QED) is 0.673. The Bertz CT molecular complexity index is 600. The predicted octanol–water partition coefficient (Wildman–Crippen LogP) is 5.53.